The van der Waals surface area contributed by atoms with Crippen molar-refractivity contribution < 1.29 is 19.4 Å². The average Bonchev–Trinajstić information content (AvgIpc) is 3.07. The maximum absolute atomic E-state index is 12.0. The number of carbonyl (C=O) groups is 2. The van der Waals surface area contributed by atoms with Gasteiger partial charge in [-0.1, -0.05) is 12.8 Å². The molecule has 0 spiro atoms. The molecule has 7 heteroatoms. The summed E-state index contributed by atoms with van der Waals surface area (Å²) in [6.07, 6.45) is 7.29. The molecule has 3 rings (SSSR count). The molecular formula is C18H23ClN2O4. The molecule has 1 heterocycles. The summed E-state index contributed by atoms with van der Waals surface area (Å²) in [6, 6.07) is 0. The number of nitrogens with zero attached hydrogens (tertiary/aromatic N) is 2. The van der Waals surface area contributed by atoms with Crippen molar-refractivity contribution in [2.75, 3.05) is 20.7 Å². The van der Waals surface area contributed by atoms with Gasteiger partial charge in [0.25, 0.3) is 0 Å². The standard InChI is InChI=1S/C18H23ClN2O4/c1-20-9-12-7-15(22)14(19)8-13(12)16(17(20)21(2)18(23)24)25-10-11-5-3-4-6-11/h8-9,11,14H,3-7,10H2,1-2H3,(H,23,24). The molecule has 25 heavy (non-hydrogen) atoms. The maximum Gasteiger partial charge on any atom is 0.412 e. The summed E-state index contributed by atoms with van der Waals surface area (Å²) in [5.74, 6) is 1.37. The predicted molar refractivity (Wildman–Crippen MR) is 93.9 cm³/mol. The van der Waals surface area contributed by atoms with Crippen molar-refractivity contribution in [3.8, 4) is 0 Å². The number of ether oxygens (including phenoxy) is 1. The van der Waals surface area contributed by atoms with Crippen LogP contribution in [-0.4, -0.2) is 52.9 Å². The minimum atomic E-state index is -1.07. The summed E-state index contributed by atoms with van der Waals surface area (Å²) in [5.41, 5.74) is 1.55. The zero-order chi connectivity index (χ0) is 18.1. The number of amides is 1. The molecule has 1 saturated carbocycles. The molecule has 1 N–H and O–H groups in total. The molecule has 0 radical (unpaired) electrons. The van der Waals surface area contributed by atoms with Crippen molar-refractivity contribution in [3.63, 3.8) is 0 Å². The van der Waals surface area contributed by atoms with E-state index in [4.69, 9.17) is 16.3 Å². The van der Waals surface area contributed by atoms with Crippen molar-refractivity contribution >= 4 is 23.5 Å². The van der Waals surface area contributed by atoms with E-state index in [0.717, 1.165) is 28.9 Å². The third kappa shape index (κ3) is 3.54. The zero-order valence-electron chi connectivity index (χ0n) is 14.5. The van der Waals surface area contributed by atoms with E-state index in [1.54, 1.807) is 24.2 Å². The van der Waals surface area contributed by atoms with Gasteiger partial charge in [0.05, 0.1) is 6.61 Å². The Morgan fingerprint density at radius 2 is 2.12 bits per heavy atom. The van der Waals surface area contributed by atoms with Gasteiger partial charge in [0.2, 0.25) is 0 Å². The Hall–Kier alpha value is -1.95. The lowest BCUT2D eigenvalue weighted by molar-refractivity contribution is -0.117. The van der Waals surface area contributed by atoms with Crippen LogP contribution < -0.4 is 0 Å². The quantitative estimate of drug-likeness (QED) is 0.773. The lowest BCUT2D eigenvalue weighted by atomic mass is 9.89. The summed E-state index contributed by atoms with van der Waals surface area (Å²) in [4.78, 5) is 26.3. The first kappa shape index (κ1) is 17.9. The van der Waals surface area contributed by atoms with Gasteiger partial charge in [0, 0.05) is 32.3 Å². The number of fused-ring (bicyclic) bond motifs is 1. The first-order chi connectivity index (χ1) is 11.9. The van der Waals surface area contributed by atoms with E-state index in [-0.39, 0.29) is 12.2 Å². The molecule has 0 saturated heterocycles. The number of carbonyl (C=O) groups excluding carboxylic acids is 1. The molecule has 0 aromatic carbocycles. The van der Waals surface area contributed by atoms with E-state index in [1.807, 2.05) is 0 Å². The topological polar surface area (TPSA) is 70.1 Å². The van der Waals surface area contributed by atoms with Crippen LogP contribution in [0, 0.1) is 5.92 Å². The first-order valence-electron chi connectivity index (χ1n) is 8.55. The molecule has 0 aromatic rings. The molecule has 1 unspecified atom stereocenters. The van der Waals surface area contributed by atoms with Crippen molar-refractivity contribution in [3.05, 3.63) is 35.0 Å². The highest BCUT2D eigenvalue weighted by molar-refractivity contribution is 6.33. The van der Waals surface area contributed by atoms with Gasteiger partial charge in [-0.2, -0.15) is 0 Å². The van der Waals surface area contributed by atoms with E-state index in [1.165, 1.54) is 19.9 Å². The summed E-state index contributed by atoms with van der Waals surface area (Å²) in [7, 11) is 3.24. The number of alkyl halides is 1. The van der Waals surface area contributed by atoms with Crippen LogP contribution >= 0.6 is 11.6 Å². The molecule has 1 aliphatic heterocycles. The monoisotopic (exact) mass is 366 g/mol. The Morgan fingerprint density at radius 3 is 2.76 bits per heavy atom. The average molecular weight is 367 g/mol. The maximum atomic E-state index is 12.0. The fourth-order valence-electron chi connectivity index (χ4n) is 3.64. The summed E-state index contributed by atoms with van der Waals surface area (Å²) in [6.45, 7) is 0.547. The van der Waals surface area contributed by atoms with E-state index < -0.39 is 11.5 Å². The molecule has 0 aromatic heterocycles. The van der Waals surface area contributed by atoms with Crippen LogP contribution in [0.1, 0.15) is 32.1 Å². The van der Waals surface area contributed by atoms with Gasteiger partial charge in [-0.05, 0) is 30.4 Å². The molecule has 1 fully saturated rings. The predicted octanol–water partition coefficient (Wildman–Crippen LogP) is 3.31. The third-order valence-electron chi connectivity index (χ3n) is 5.01. The van der Waals surface area contributed by atoms with Gasteiger partial charge in [-0.25, -0.2) is 4.79 Å². The molecule has 136 valence electrons. The number of hydrogen-bond donors (Lipinski definition) is 1. The Bertz CT molecular complexity index is 677. The van der Waals surface area contributed by atoms with Crippen LogP contribution in [0.3, 0.4) is 0 Å². The number of rotatable bonds is 4. The second kappa shape index (κ2) is 7.12. The number of ketones is 1. The van der Waals surface area contributed by atoms with E-state index >= 15 is 0 Å². The third-order valence-corrected chi connectivity index (χ3v) is 5.37. The van der Waals surface area contributed by atoms with Crippen LogP contribution in [-0.2, 0) is 9.53 Å². The highest BCUT2D eigenvalue weighted by atomic mass is 35.5. The molecule has 6 nitrogen and oxygen atoms in total. The number of halogens is 1. The first-order valence-corrected chi connectivity index (χ1v) is 8.98. The van der Waals surface area contributed by atoms with E-state index in [9.17, 15) is 14.7 Å². The zero-order valence-corrected chi connectivity index (χ0v) is 15.3. The lowest BCUT2D eigenvalue weighted by Gasteiger charge is -2.35. The minimum Gasteiger partial charge on any atom is -0.489 e. The highest BCUT2D eigenvalue weighted by Gasteiger charge is 2.35. The summed E-state index contributed by atoms with van der Waals surface area (Å²) < 4.78 is 6.13. The second-order valence-electron chi connectivity index (χ2n) is 6.85. The van der Waals surface area contributed by atoms with Gasteiger partial charge < -0.3 is 14.7 Å². The van der Waals surface area contributed by atoms with Crippen LogP contribution in [0.5, 0.6) is 0 Å². The van der Waals surface area contributed by atoms with Crippen molar-refractivity contribution in [1.82, 2.24) is 9.80 Å². The van der Waals surface area contributed by atoms with Crippen LogP contribution in [0.2, 0.25) is 0 Å². The van der Waals surface area contributed by atoms with Crippen LogP contribution in [0.4, 0.5) is 4.79 Å². The number of carboxylic acid groups (broad SMARTS) is 1. The highest BCUT2D eigenvalue weighted by Crippen LogP contribution is 2.38. The molecular weight excluding hydrogens is 344 g/mol. The molecule has 1 atom stereocenters. The molecule has 1 amide bonds. The second-order valence-corrected chi connectivity index (χ2v) is 7.32. The SMILES string of the molecule is CN1C=C2CC(=O)C(Cl)C=C2C(OCC2CCCC2)=C1N(C)C(=O)O. The lowest BCUT2D eigenvalue weighted by Crippen LogP contribution is -2.37. The van der Waals surface area contributed by atoms with Crippen molar-refractivity contribution in [1.29, 1.82) is 0 Å². The van der Waals surface area contributed by atoms with Gasteiger partial charge >= 0.3 is 6.09 Å². The molecule has 3 aliphatic rings. The number of allylic oxidation sites excluding steroid dienone is 2. The van der Waals surface area contributed by atoms with Crippen molar-refractivity contribution in [2.45, 2.75) is 37.5 Å². The Kier molecular flexibility index (Phi) is 5.08. The molecule has 2 aliphatic carbocycles. The number of Topliss-reactive ketones (excluding diaryl/α,β-unsaturated/α-hetero) is 1. The normalized spacial score (nSPS) is 24.0. The fourth-order valence-corrected chi connectivity index (χ4v) is 3.84. The number of hydrogen-bond acceptors (Lipinski definition) is 4. The van der Waals surface area contributed by atoms with Gasteiger partial charge in [-0.3, -0.25) is 9.69 Å². The van der Waals surface area contributed by atoms with Crippen molar-refractivity contribution in [2.24, 2.45) is 5.92 Å². The summed E-state index contributed by atoms with van der Waals surface area (Å²) >= 11 is 6.13. The fraction of sp³-hybridized carbons (Fsp3) is 0.556. The Labute approximate surface area is 152 Å². The largest absolute Gasteiger partial charge is 0.489 e. The van der Waals surface area contributed by atoms with Gasteiger partial charge in [0.15, 0.2) is 17.4 Å². The van der Waals surface area contributed by atoms with Crippen LogP contribution in [0.15, 0.2) is 35.0 Å². The van der Waals surface area contributed by atoms with Gasteiger partial charge in [0.1, 0.15) is 5.38 Å². The summed E-state index contributed by atoms with van der Waals surface area (Å²) in [5, 5.41) is 8.72. The van der Waals surface area contributed by atoms with Gasteiger partial charge in [-0.15, -0.1) is 11.6 Å². The smallest absolute Gasteiger partial charge is 0.412 e. The Morgan fingerprint density at radius 1 is 1.44 bits per heavy atom. The van der Waals surface area contributed by atoms with Crippen LogP contribution in [0.25, 0.3) is 0 Å². The minimum absolute atomic E-state index is 0.0600. The Balaban J connectivity index is 1.98. The molecule has 0 bridgehead atoms. The van der Waals surface area contributed by atoms with E-state index in [0.29, 0.717) is 24.1 Å². The van der Waals surface area contributed by atoms with E-state index in [2.05, 4.69) is 0 Å².